The van der Waals surface area contributed by atoms with Crippen molar-refractivity contribution in [3.05, 3.63) is 0 Å². The minimum atomic E-state index is -0.366. The number of rotatable bonds is 10. The van der Waals surface area contributed by atoms with E-state index in [9.17, 15) is 5.11 Å². The Bertz CT molecular complexity index is 231. The molecule has 3 nitrogen and oxygen atoms in total. The van der Waals surface area contributed by atoms with E-state index in [0.717, 1.165) is 13.0 Å². The van der Waals surface area contributed by atoms with Gasteiger partial charge in [-0.15, -0.1) is 0 Å². The van der Waals surface area contributed by atoms with Crippen molar-refractivity contribution >= 4 is 0 Å². The minimum absolute atomic E-state index is 0.366. The molecule has 1 aliphatic rings. The molecular formula is C16H33NO2. The average Bonchev–Trinajstić information content (AvgIpc) is 2.71. The quantitative estimate of drug-likeness (QED) is 0.600. The van der Waals surface area contributed by atoms with Crippen LogP contribution in [-0.4, -0.2) is 37.0 Å². The number of unbranched alkanes of at least 4 members (excludes halogenated alkanes) is 3. The molecule has 0 bridgehead atoms. The zero-order valence-corrected chi connectivity index (χ0v) is 13.1. The number of hydrogen-bond donors (Lipinski definition) is 2. The Morgan fingerprint density at radius 3 is 2.74 bits per heavy atom. The second-order valence-corrected chi connectivity index (χ2v) is 6.80. The van der Waals surface area contributed by atoms with Crippen LogP contribution in [-0.2, 0) is 4.74 Å². The van der Waals surface area contributed by atoms with Crippen LogP contribution in [0.1, 0.15) is 65.7 Å². The molecule has 1 saturated carbocycles. The van der Waals surface area contributed by atoms with Gasteiger partial charge in [0.05, 0.1) is 12.7 Å². The van der Waals surface area contributed by atoms with Crippen LogP contribution in [0.25, 0.3) is 0 Å². The van der Waals surface area contributed by atoms with E-state index in [1.165, 1.54) is 38.5 Å². The van der Waals surface area contributed by atoms with E-state index in [2.05, 4.69) is 26.1 Å². The van der Waals surface area contributed by atoms with Crippen LogP contribution >= 0.6 is 0 Å². The van der Waals surface area contributed by atoms with Crippen molar-refractivity contribution in [2.75, 3.05) is 19.8 Å². The molecular weight excluding hydrogens is 238 g/mol. The zero-order valence-electron chi connectivity index (χ0n) is 13.1. The Labute approximate surface area is 119 Å². The summed E-state index contributed by atoms with van der Waals surface area (Å²) in [5.41, 5.74) is 0.471. The summed E-state index contributed by atoms with van der Waals surface area (Å²) in [5.74, 6) is 0. The third kappa shape index (κ3) is 7.91. The van der Waals surface area contributed by atoms with Gasteiger partial charge in [-0.1, -0.05) is 40.0 Å². The van der Waals surface area contributed by atoms with Crippen LogP contribution in [0, 0.1) is 5.41 Å². The molecule has 0 aromatic heterocycles. The predicted molar refractivity (Wildman–Crippen MR) is 80.4 cm³/mol. The standard InChI is InChI=1S/C16H33NO2/c1-4-5-6-7-10-19-13-15(18)12-17-14-8-9-16(2,3)11-14/h14-15,17-18H,4-13H2,1-3H3. The molecule has 0 aliphatic heterocycles. The van der Waals surface area contributed by atoms with Gasteiger partial charge >= 0.3 is 0 Å². The van der Waals surface area contributed by atoms with Crippen molar-refractivity contribution in [2.45, 2.75) is 77.9 Å². The summed E-state index contributed by atoms with van der Waals surface area (Å²) in [6.07, 6.45) is 8.27. The number of ether oxygens (including phenoxy) is 1. The van der Waals surface area contributed by atoms with Crippen LogP contribution in [0.2, 0.25) is 0 Å². The fraction of sp³-hybridized carbons (Fsp3) is 1.00. The summed E-state index contributed by atoms with van der Waals surface area (Å²) in [5, 5.41) is 13.3. The molecule has 19 heavy (non-hydrogen) atoms. The maximum absolute atomic E-state index is 9.85. The minimum Gasteiger partial charge on any atom is -0.389 e. The Kier molecular flexibility index (Phi) is 7.96. The van der Waals surface area contributed by atoms with Gasteiger partial charge in [-0.05, 0) is 31.1 Å². The highest BCUT2D eigenvalue weighted by atomic mass is 16.5. The molecule has 1 rings (SSSR count). The third-order valence-corrected chi connectivity index (χ3v) is 4.06. The van der Waals surface area contributed by atoms with Gasteiger partial charge in [0.1, 0.15) is 0 Å². The highest BCUT2D eigenvalue weighted by Crippen LogP contribution is 2.36. The first-order valence-electron chi connectivity index (χ1n) is 8.02. The molecule has 3 heteroatoms. The van der Waals surface area contributed by atoms with Crippen LogP contribution in [0.5, 0.6) is 0 Å². The average molecular weight is 271 g/mol. The molecule has 2 unspecified atom stereocenters. The lowest BCUT2D eigenvalue weighted by Gasteiger charge is -2.19. The smallest absolute Gasteiger partial charge is 0.0897 e. The van der Waals surface area contributed by atoms with E-state index in [1.54, 1.807) is 0 Å². The van der Waals surface area contributed by atoms with E-state index in [1.807, 2.05) is 0 Å². The largest absolute Gasteiger partial charge is 0.389 e. The molecule has 0 saturated heterocycles. The first-order chi connectivity index (χ1) is 9.03. The fourth-order valence-corrected chi connectivity index (χ4v) is 2.82. The highest BCUT2D eigenvalue weighted by molar-refractivity contribution is 4.86. The second kappa shape index (κ2) is 8.93. The van der Waals surface area contributed by atoms with E-state index in [0.29, 0.717) is 24.6 Å². The van der Waals surface area contributed by atoms with Gasteiger partial charge in [0.2, 0.25) is 0 Å². The molecule has 114 valence electrons. The van der Waals surface area contributed by atoms with E-state index >= 15 is 0 Å². The Hall–Kier alpha value is -0.120. The molecule has 0 spiro atoms. The summed E-state index contributed by atoms with van der Waals surface area (Å²) < 4.78 is 5.51. The van der Waals surface area contributed by atoms with Crippen molar-refractivity contribution in [3.8, 4) is 0 Å². The molecule has 1 aliphatic carbocycles. The van der Waals surface area contributed by atoms with Gasteiger partial charge < -0.3 is 15.2 Å². The van der Waals surface area contributed by atoms with E-state index < -0.39 is 0 Å². The van der Waals surface area contributed by atoms with Gasteiger partial charge in [0.25, 0.3) is 0 Å². The molecule has 0 aromatic carbocycles. The number of aliphatic hydroxyl groups excluding tert-OH is 1. The van der Waals surface area contributed by atoms with Gasteiger partial charge in [-0.25, -0.2) is 0 Å². The molecule has 2 atom stereocenters. The number of nitrogens with one attached hydrogen (secondary N) is 1. The number of aliphatic hydroxyl groups is 1. The Morgan fingerprint density at radius 1 is 1.32 bits per heavy atom. The molecule has 0 aromatic rings. The van der Waals surface area contributed by atoms with Crippen LogP contribution < -0.4 is 5.32 Å². The molecule has 0 radical (unpaired) electrons. The normalized spacial score (nSPS) is 23.7. The Balaban J connectivity index is 1.95. The summed E-state index contributed by atoms with van der Waals surface area (Å²) in [6, 6.07) is 0.578. The summed E-state index contributed by atoms with van der Waals surface area (Å²) in [4.78, 5) is 0. The third-order valence-electron chi connectivity index (χ3n) is 4.06. The summed E-state index contributed by atoms with van der Waals surface area (Å²) >= 11 is 0. The molecule has 1 fully saturated rings. The maximum atomic E-state index is 9.85. The summed E-state index contributed by atoms with van der Waals surface area (Å²) in [7, 11) is 0. The first kappa shape index (κ1) is 16.9. The fourth-order valence-electron chi connectivity index (χ4n) is 2.82. The lowest BCUT2D eigenvalue weighted by Crippen LogP contribution is -2.36. The first-order valence-corrected chi connectivity index (χ1v) is 8.02. The lowest BCUT2D eigenvalue weighted by molar-refractivity contribution is 0.0341. The van der Waals surface area contributed by atoms with Gasteiger partial charge in [0, 0.05) is 19.2 Å². The van der Waals surface area contributed by atoms with Crippen molar-refractivity contribution in [2.24, 2.45) is 5.41 Å². The number of hydrogen-bond acceptors (Lipinski definition) is 3. The molecule has 2 N–H and O–H groups in total. The van der Waals surface area contributed by atoms with Gasteiger partial charge in [-0.2, -0.15) is 0 Å². The van der Waals surface area contributed by atoms with Crippen LogP contribution in [0.4, 0.5) is 0 Å². The lowest BCUT2D eigenvalue weighted by atomic mass is 9.92. The van der Waals surface area contributed by atoms with E-state index in [4.69, 9.17) is 4.74 Å². The zero-order chi connectivity index (χ0) is 14.1. The monoisotopic (exact) mass is 271 g/mol. The van der Waals surface area contributed by atoms with Crippen molar-refractivity contribution in [1.82, 2.24) is 5.32 Å². The van der Waals surface area contributed by atoms with Crippen molar-refractivity contribution in [1.29, 1.82) is 0 Å². The SMILES string of the molecule is CCCCCCOCC(O)CNC1CCC(C)(C)C1. The van der Waals surface area contributed by atoms with Crippen LogP contribution in [0.15, 0.2) is 0 Å². The van der Waals surface area contributed by atoms with Crippen molar-refractivity contribution < 1.29 is 9.84 Å². The highest BCUT2D eigenvalue weighted by Gasteiger charge is 2.30. The predicted octanol–water partition coefficient (Wildman–Crippen LogP) is 3.11. The maximum Gasteiger partial charge on any atom is 0.0897 e. The van der Waals surface area contributed by atoms with Gasteiger partial charge in [0.15, 0.2) is 0 Å². The Morgan fingerprint density at radius 2 is 2.11 bits per heavy atom. The second-order valence-electron chi connectivity index (χ2n) is 6.80. The van der Waals surface area contributed by atoms with Crippen LogP contribution in [0.3, 0.4) is 0 Å². The van der Waals surface area contributed by atoms with Crippen molar-refractivity contribution in [3.63, 3.8) is 0 Å². The molecule has 0 heterocycles. The molecule has 0 amide bonds. The topological polar surface area (TPSA) is 41.5 Å². The van der Waals surface area contributed by atoms with Gasteiger partial charge in [-0.3, -0.25) is 0 Å². The summed E-state index contributed by atoms with van der Waals surface area (Å²) in [6.45, 7) is 8.77. The van der Waals surface area contributed by atoms with E-state index in [-0.39, 0.29) is 6.10 Å².